The minimum atomic E-state index is -3.57. The van der Waals surface area contributed by atoms with Crippen LogP contribution in [0.15, 0.2) is 20.0 Å². The van der Waals surface area contributed by atoms with Crippen LogP contribution in [0.2, 0.25) is 0 Å². The van der Waals surface area contributed by atoms with Crippen molar-refractivity contribution in [2.24, 2.45) is 0 Å². The third-order valence-electron chi connectivity index (χ3n) is 3.01. The summed E-state index contributed by atoms with van der Waals surface area (Å²) in [6.07, 6.45) is 0.729. The van der Waals surface area contributed by atoms with E-state index in [0.717, 1.165) is 6.42 Å². The lowest BCUT2D eigenvalue weighted by molar-refractivity contribution is -0.00280. The van der Waals surface area contributed by atoms with E-state index in [1.54, 1.807) is 0 Å². The summed E-state index contributed by atoms with van der Waals surface area (Å²) in [5, 5.41) is 0. The highest BCUT2D eigenvalue weighted by atomic mass is 79.9. The smallest absolute Gasteiger partial charge is 0.247 e. The normalized spacial score (nSPS) is 21.7. The zero-order valence-electron chi connectivity index (χ0n) is 10.4. The molecule has 2 rings (SSSR count). The average molecular weight is 373 g/mol. The summed E-state index contributed by atoms with van der Waals surface area (Å²) in [6, 6.07) is 1.46. The molecule has 1 aliphatic rings. The molecule has 108 valence electrons. The molecule has 2 heterocycles. The van der Waals surface area contributed by atoms with Crippen molar-refractivity contribution in [1.82, 2.24) is 4.31 Å². The number of nitrogens with zero attached hydrogens (tertiary/aromatic N) is 1. The van der Waals surface area contributed by atoms with Gasteiger partial charge in [0.15, 0.2) is 4.67 Å². The number of rotatable bonds is 4. The molecular formula is C11H15BrClNO4S. The van der Waals surface area contributed by atoms with Gasteiger partial charge in [0.05, 0.1) is 18.6 Å². The molecule has 8 heteroatoms. The Labute approximate surface area is 126 Å². The topological polar surface area (TPSA) is 59.8 Å². The number of ether oxygens (including phenoxy) is 1. The van der Waals surface area contributed by atoms with Crippen LogP contribution in [0, 0.1) is 0 Å². The van der Waals surface area contributed by atoms with Gasteiger partial charge in [0.25, 0.3) is 0 Å². The third kappa shape index (κ3) is 3.16. The molecule has 1 atom stereocenters. The minimum absolute atomic E-state index is 0.0540. The predicted octanol–water partition coefficient (Wildman–Crippen LogP) is 2.58. The van der Waals surface area contributed by atoms with Gasteiger partial charge in [-0.15, -0.1) is 11.6 Å². The molecule has 5 nitrogen and oxygen atoms in total. The monoisotopic (exact) mass is 371 g/mol. The first-order valence-corrected chi connectivity index (χ1v) is 8.71. The van der Waals surface area contributed by atoms with E-state index < -0.39 is 10.0 Å². The van der Waals surface area contributed by atoms with Crippen molar-refractivity contribution in [3.8, 4) is 0 Å². The van der Waals surface area contributed by atoms with E-state index in [1.807, 2.05) is 6.92 Å². The molecule has 0 aliphatic carbocycles. The Bertz CT molecular complexity index is 545. The molecule has 0 spiro atoms. The zero-order valence-corrected chi connectivity index (χ0v) is 13.6. The van der Waals surface area contributed by atoms with Gasteiger partial charge < -0.3 is 9.15 Å². The summed E-state index contributed by atoms with van der Waals surface area (Å²) in [4.78, 5) is 0.125. The number of alkyl halides is 1. The first kappa shape index (κ1) is 15.3. The van der Waals surface area contributed by atoms with Gasteiger partial charge in [0, 0.05) is 19.2 Å². The average Bonchev–Trinajstić information content (AvgIpc) is 2.81. The van der Waals surface area contributed by atoms with E-state index in [0.29, 0.717) is 25.5 Å². The maximum absolute atomic E-state index is 12.5. The summed E-state index contributed by atoms with van der Waals surface area (Å²) in [6.45, 7) is 3.11. The summed E-state index contributed by atoms with van der Waals surface area (Å²) >= 11 is 8.78. The fraction of sp³-hybridized carbons (Fsp3) is 0.636. The summed E-state index contributed by atoms with van der Waals surface area (Å²) in [5.74, 6) is 0.557. The molecule has 0 amide bonds. The molecule has 19 heavy (non-hydrogen) atoms. The van der Waals surface area contributed by atoms with Crippen molar-refractivity contribution in [3.63, 3.8) is 0 Å². The second-order valence-corrected chi connectivity index (χ2v) is 7.14. The van der Waals surface area contributed by atoms with Crippen LogP contribution in [0.25, 0.3) is 0 Å². The van der Waals surface area contributed by atoms with Gasteiger partial charge in [0.1, 0.15) is 10.7 Å². The molecule has 0 radical (unpaired) electrons. The fourth-order valence-electron chi connectivity index (χ4n) is 1.94. The van der Waals surface area contributed by atoms with Gasteiger partial charge in [-0.05, 0) is 22.4 Å². The van der Waals surface area contributed by atoms with Gasteiger partial charge in [-0.25, -0.2) is 8.42 Å². The standard InChI is InChI=1S/C11H15BrClNO4S/c1-2-8-7-14(3-4-17-8)19(15,16)10-5-9(6-13)18-11(10)12/h5,8H,2-4,6-7H2,1H3. The van der Waals surface area contributed by atoms with Crippen LogP contribution in [0.3, 0.4) is 0 Å². The van der Waals surface area contributed by atoms with Crippen molar-refractivity contribution in [3.05, 3.63) is 16.5 Å². The van der Waals surface area contributed by atoms with Crippen molar-refractivity contribution in [2.45, 2.75) is 30.2 Å². The Morgan fingerprint density at radius 2 is 2.32 bits per heavy atom. The molecule has 0 saturated carbocycles. The van der Waals surface area contributed by atoms with Crippen LogP contribution < -0.4 is 0 Å². The van der Waals surface area contributed by atoms with Crippen LogP contribution in [-0.4, -0.2) is 38.5 Å². The maximum atomic E-state index is 12.5. The highest BCUT2D eigenvalue weighted by Crippen LogP contribution is 2.30. The number of sulfonamides is 1. The fourth-order valence-corrected chi connectivity index (χ4v) is 4.48. The molecule has 0 bridgehead atoms. The highest BCUT2D eigenvalue weighted by Gasteiger charge is 2.33. The Balaban J connectivity index is 2.28. The number of furan rings is 1. The van der Waals surface area contributed by atoms with Gasteiger partial charge >= 0.3 is 0 Å². The third-order valence-corrected chi connectivity index (χ3v) is 6.00. The van der Waals surface area contributed by atoms with Crippen molar-refractivity contribution in [2.75, 3.05) is 19.7 Å². The summed E-state index contributed by atoms with van der Waals surface area (Å²) in [7, 11) is -3.57. The largest absolute Gasteiger partial charge is 0.452 e. The Hall–Kier alpha value is -0.0800. The van der Waals surface area contributed by atoms with E-state index in [1.165, 1.54) is 10.4 Å². The zero-order chi connectivity index (χ0) is 14.0. The van der Waals surface area contributed by atoms with Crippen LogP contribution in [0.5, 0.6) is 0 Å². The van der Waals surface area contributed by atoms with Gasteiger partial charge in [-0.1, -0.05) is 6.92 Å². The van der Waals surface area contributed by atoms with Crippen LogP contribution >= 0.6 is 27.5 Å². The molecule has 1 aromatic heterocycles. The van der Waals surface area contributed by atoms with Crippen LogP contribution in [0.1, 0.15) is 19.1 Å². The van der Waals surface area contributed by atoms with E-state index in [2.05, 4.69) is 15.9 Å². The molecule has 0 aromatic carbocycles. The minimum Gasteiger partial charge on any atom is -0.452 e. The number of halogens is 2. The molecule has 1 saturated heterocycles. The van der Waals surface area contributed by atoms with Crippen LogP contribution in [0.4, 0.5) is 0 Å². The maximum Gasteiger partial charge on any atom is 0.247 e. The quantitative estimate of drug-likeness (QED) is 0.762. The van der Waals surface area contributed by atoms with E-state index in [9.17, 15) is 8.42 Å². The Morgan fingerprint density at radius 1 is 1.58 bits per heavy atom. The van der Waals surface area contributed by atoms with E-state index in [4.69, 9.17) is 20.8 Å². The number of morpholine rings is 1. The van der Waals surface area contributed by atoms with Gasteiger partial charge in [0.2, 0.25) is 10.0 Å². The van der Waals surface area contributed by atoms with Crippen LogP contribution in [-0.2, 0) is 20.6 Å². The summed E-state index contributed by atoms with van der Waals surface area (Å²) < 4.78 is 37.4. The predicted molar refractivity (Wildman–Crippen MR) is 74.8 cm³/mol. The molecule has 1 aliphatic heterocycles. The van der Waals surface area contributed by atoms with Crippen molar-refractivity contribution in [1.29, 1.82) is 0 Å². The number of hydrogen-bond acceptors (Lipinski definition) is 4. The van der Waals surface area contributed by atoms with Gasteiger partial charge in [-0.3, -0.25) is 0 Å². The van der Waals surface area contributed by atoms with Crippen molar-refractivity contribution >= 4 is 37.6 Å². The molecule has 1 unspecified atom stereocenters. The lowest BCUT2D eigenvalue weighted by Gasteiger charge is -2.31. The first-order valence-electron chi connectivity index (χ1n) is 5.95. The number of hydrogen-bond donors (Lipinski definition) is 0. The first-order chi connectivity index (χ1) is 8.98. The molecular weight excluding hydrogens is 358 g/mol. The van der Waals surface area contributed by atoms with Gasteiger partial charge in [-0.2, -0.15) is 4.31 Å². The van der Waals surface area contributed by atoms with E-state index in [-0.39, 0.29) is 21.5 Å². The highest BCUT2D eigenvalue weighted by molar-refractivity contribution is 9.10. The Morgan fingerprint density at radius 3 is 2.89 bits per heavy atom. The SMILES string of the molecule is CCC1CN(S(=O)(=O)c2cc(CCl)oc2Br)CCO1. The molecule has 0 N–H and O–H groups in total. The van der Waals surface area contributed by atoms with Crippen molar-refractivity contribution < 1.29 is 17.6 Å². The summed E-state index contributed by atoms with van der Waals surface area (Å²) in [5.41, 5.74) is 0. The Kier molecular flexibility index (Phi) is 4.94. The molecule has 1 aromatic rings. The second-order valence-electron chi connectivity index (χ2n) is 4.25. The van der Waals surface area contributed by atoms with E-state index >= 15 is 0 Å². The second kappa shape index (κ2) is 6.13. The molecule has 1 fully saturated rings. The lowest BCUT2D eigenvalue weighted by Crippen LogP contribution is -2.45. The lowest BCUT2D eigenvalue weighted by atomic mass is 10.2.